The topological polar surface area (TPSA) is 87.1 Å². The van der Waals surface area contributed by atoms with Gasteiger partial charge in [0.15, 0.2) is 6.61 Å². The third-order valence-corrected chi connectivity index (χ3v) is 2.63. The van der Waals surface area contributed by atoms with Crippen LogP contribution in [0.2, 0.25) is 0 Å². The molecule has 0 unspecified atom stereocenters. The molecule has 2 aromatic heterocycles. The minimum Gasteiger partial charge on any atom is -0.485 e. The summed E-state index contributed by atoms with van der Waals surface area (Å²) < 4.78 is 40.1. The fourth-order valence-corrected chi connectivity index (χ4v) is 1.60. The number of hydrogen-bond donors (Lipinski definition) is 0. The van der Waals surface area contributed by atoms with E-state index in [1.54, 1.807) is 6.07 Å². The van der Waals surface area contributed by atoms with Crippen molar-refractivity contribution in [2.45, 2.75) is 12.0 Å². The van der Waals surface area contributed by atoms with Crippen LogP contribution in [0.5, 0.6) is 5.75 Å². The molecule has 0 bridgehead atoms. The van der Waals surface area contributed by atoms with Gasteiger partial charge >= 0.3 is 11.3 Å². The highest BCUT2D eigenvalue weighted by Crippen LogP contribution is 2.32. The van der Waals surface area contributed by atoms with E-state index >= 15 is 0 Å². The van der Waals surface area contributed by atoms with Crippen LogP contribution >= 0.6 is 11.6 Å². The Bertz CT molecular complexity index is 758. The van der Waals surface area contributed by atoms with Gasteiger partial charge in [-0.1, -0.05) is 16.4 Å². The number of alkyl halides is 3. The maximum Gasteiger partial charge on any atom is 0.400 e. The van der Waals surface area contributed by atoms with Gasteiger partial charge in [-0.2, -0.15) is 18.7 Å². The molecular formula is C12H6ClF2N4O3. The van der Waals surface area contributed by atoms with E-state index in [0.29, 0.717) is 17.1 Å². The molecular weight excluding hydrogens is 322 g/mol. The van der Waals surface area contributed by atoms with Crippen molar-refractivity contribution in [3.05, 3.63) is 42.4 Å². The Kier molecular flexibility index (Phi) is 3.72. The van der Waals surface area contributed by atoms with E-state index in [0.717, 1.165) is 0 Å². The third kappa shape index (κ3) is 3.19. The van der Waals surface area contributed by atoms with Gasteiger partial charge in [-0.05, 0) is 23.7 Å². The first-order valence-corrected chi connectivity index (χ1v) is 6.21. The molecule has 22 heavy (non-hydrogen) atoms. The Morgan fingerprint density at radius 3 is 2.91 bits per heavy atom. The van der Waals surface area contributed by atoms with Crippen LogP contribution in [0, 0.1) is 6.07 Å². The number of rotatable bonds is 5. The fraction of sp³-hybridized carbons (Fsp3) is 0.167. The molecule has 0 aliphatic heterocycles. The maximum atomic E-state index is 12.9. The van der Waals surface area contributed by atoms with Crippen LogP contribution in [0.1, 0.15) is 11.7 Å². The van der Waals surface area contributed by atoms with Crippen molar-refractivity contribution < 1.29 is 22.6 Å². The molecule has 0 saturated carbocycles. The fourth-order valence-electron chi connectivity index (χ4n) is 1.52. The number of benzene rings is 1. The first kappa shape index (κ1) is 14.4. The SMILES string of the molecule is FC(F)(Cl)c1nc(-c2cc[c]c(OCc3ncon3)c2)no1. The van der Waals surface area contributed by atoms with Crippen LogP contribution in [-0.2, 0) is 12.0 Å². The highest BCUT2D eigenvalue weighted by atomic mass is 35.5. The number of nitrogens with zero attached hydrogens (tertiary/aromatic N) is 4. The van der Waals surface area contributed by atoms with Gasteiger partial charge < -0.3 is 13.8 Å². The van der Waals surface area contributed by atoms with Crippen molar-refractivity contribution in [3.8, 4) is 17.1 Å². The van der Waals surface area contributed by atoms with Gasteiger partial charge in [0.05, 0.1) is 0 Å². The molecule has 7 nitrogen and oxygen atoms in total. The van der Waals surface area contributed by atoms with E-state index in [2.05, 4.69) is 35.4 Å². The van der Waals surface area contributed by atoms with Crippen molar-refractivity contribution in [1.29, 1.82) is 0 Å². The third-order valence-electron chi connectivity index (χ3n) is 2.47. The number of ether oxygens (including phenoxy) is 1. The molecule has 0 N–H and O–H groups in total. The largest absolute Gasteiger partial charge is 0.485 e. The zero-order valence-corrected chi connectivity index (χ0v) is 11.4. The van der Waals surface area contributed by atoms with Gasteiger partial charge in [-0.15, -0.1) is 0 Å². The van der Waals surface area contributed by atoms with Crippen LogP contribution in [0.4, 0.5) is 8.78 Å². The molecule has 0 saturated heterocycles. The van der Waals surface area contributed by atoms with Gasteiger partial charge in [0.25, 0.3) is 0 Å². The molecule has 0 spiro atoms. The highest BCUT2D eigenvalue weighted by molar-refractivity contribution is 6.21. The molecule has 0 fully saturated rings. The van der Waals surface area contributed by atoms with Crippen LogP contribution < -0.4 is 4.74 Å². The normalized spacial score (nSPS) is 11.6. The van der Waals surface area contributed by atoms with Crippen molar-refractivity contribution in [2.24, 2.45) is 0 Å². The van der Waals surface area contributed by atoms with E-state index in [1.807, 2.05) is 0 Å². The number of hydrogen-bond acceptors (Lipinski definition) is 7. The molecule has 3 aromatic rings. The van der Waals surface area contributed by atoms with Gasteiger partial charge in [-0.25, -0.2) is 0 Å². The molecule has 3 rings (SSSR count). The quantitative estimate of drug-likeness (QED) is 0.666. The molecule has 0 amide bonds. The van der Waals surface area contributed by atoms with E-state index in [4.69, 9.17) is 16.3 Å². The Hall–Kier alpha value is -2.55. The summed E-state index contributed by atoms with van der Waals surface area (Å²) in [6, 6.07) is 7.39. The zero-order chi connectivity index (χ0) is 15.6. The van der Waals surface area contributed by atoms with Crippen molar-refractivity contribution >= 4 is 11.6 Å². The minimum atomic E-state index is -3.72. The number of halogens is 3. The van der Waals surface area contributed by atoms with Crippen LogP contribution in [-0.4, -0.2) is 20.3 Å². The van der Waals surface area contributed by atoms with Crippen LogP contribution in [0.15, 0.2) is 33.6 Å². The van der Waals surface area contributed by atoms with Gasteiger partial charge in [0, 0.05) is 11.6 Å². The summed E-state index contributed by atoms with van der Waals surface area (Å²) in [5.74, 6) is -0.353. The first-order valence-electron chi connectivity index (χ1n) is 5.83. The summed E-state index contributed by atoms with van der Waals surface area (Å²) in [5, 5.41) is 3.31. The molecule has 0 atom stereocenters. The molecule has 2 heterocycles. The zero-order valence-electron chi connectivity index (χ0n) is 10.7. The smallest absolute Gasteiger partial charge is 0.400 e. The van der Waals surface area contributed by atoms with Crippen molar-refractivity contribution in [3.63, 3.8) is 0 Å². The lowest BCUT2D eigenvalue weighted by atomic mass is 10.2. The summed E-state index contributed by atoms with van der Waals surface area (Å²) in [7, 11) is 0. The van der Waals surface area contributed by atoms with E-state index in [1.165, 1.54) is 18.5 Å². The molecule has 0 aliphatic carbocycles. The summed E-state index contributed by atoms with van der Waals surface area (Å²) in [6.07, 6.45) is 1.17. The summed E-state index contributed by atoms with van der Waals surface area (Å²) in [4.78, 5) is 7.32. The average Bonchev–Trinajstić information content (AvgIpc) is 3.16. The molecule has 1 aromatic carbocycles. The molecule has 113 valence electrons. The lowest BCUT2D eigenvalue weighted by Crippen LogP contribution is -2.03. The second kappa shape index (κ2) is 5.68. The van der Waals surface area contributed by atoms with Crippen LogP contribution in [0.25, 0.3) is 11.4 Å². The Balaban J connectivity index is 1.77. The molecule has 10 heteroatoms. The van der Waals surface area contributed by atoms with Gasteiger partial charge in [-0.3, -0.25) is 0 Å². The molecule has 0 aliphatic rings. The standard InChI is InChI=1S/C12H6ClF2N4O3/c13-12(14,15)11-17-10(19-22-11)7-2-1-3-8(4-7)20-5-9-16-6-21-18-9/h1-2,4,6H,5H2. The van der Waals surface area contributed by atoms with E-state index < -0.39 is 11.3 Å². The Morgan fingerprint density at radius 2 is 2.23 bits per heavy atom. The van der Waals surface area contributed by atoms with Crippen molar-refractivity contribution in [2.75, 3.05) is 0 Å². The molecule has 1 radical (unpaired) electrons. The lowest BCUT2D eigenvalue weighted by molar-refractivity contribution is 0.0551. The monoisotopic (exact) mass is 327 g/mol. The lowest BCUT2D eigenvalue weighted by Gasteiger charge is -2.03. The van der Waals surface area contributed by atoms with Crippen LogP contribution in [0.3, 0.4) is 0 Å². The maximum absolute atomic E-state index is 12.9. The van der Waals surface area contributed by atoms with Crippen molar-refractivity contribution in [1.82, 2.24) is 20.3 Å². The van der Waals surface area contributed by atoms with E-state index in [9.17, 15) is 8.78 Å². The second-order valence-corrected chi connectivity index (χ2v) is 4.47. The average molecular weight is 328 g/mol. The Morgan fingerprint density at radius 1 is 1.36 bits per heavy atom. The minimum absolute atomic E-state index is 0.0475. The first-order chi connectivity index (χ1) is 10.5. The van der Waals surface area contributed by atoms with Gasteiger partial charge in [0.2, 0.25) is 18.0 Å². The highest BCUT2D eigenvalue weighted by Gasteiger charge is 2.35. The summed E-state index contributed by atoms with van der Waals surface area (Å²) in [6.45, 7) is 0.0632. The second-order valence-electron chi connectivity index (χ2n) is 4.00. The predicted octanol–water partition coefficient (Wildman–Crippen LogP) is 2.79. The van der Waals surface area contributed by atoms with Gasteiger partial charge in [0.1, 0.15) is 5.75 Å². The summed E-state index contributed by atoms with van der Waals surface area (Å²) >= 11 is 4.81. The Labute approximate surface area is 126 Å². The van der Waals surface area contributed by atoms with E-state index in [-0.39, 0.29) is 12.4 Å². The summed E-state index contributed by atoms with van der Waals surface area (Å²) in [5.41, 5.74) is 0.401. The predicted molar refractivity (Wildman–Crippen MR) is 66.9 cm³/mol. The number of aromatic nitrogens is 4.